The third-order valence-corrected chi connectivity index (χ3v) is 5.77. The zero-order valence-corrected chi connectivity index (χ0v) is 13.1. The third kappa shape index (κ3) is 3.24. The molecule has 1 heterocycles. The second-order valence-corrected chi connectivity index (χ2v) is 7.27. The largest absolute Gasteiger partial charge is 0.465 e. The molecule has 0 amide bonds. The third-order valence-electron chi connectivity index (χ3n) is 4.12. The Morgan fingerprint density at radius 2 is 1.90 bits per heavy atom. The van der Waals surface area contributed by atoms with Crippen molar-refractivity contribution in [3.63, 3.8) is 0 Å². The molecule has 3 N–H and O–H groups in total. The maximum Gasteiger partial charge on any atom is 0.244 e. The number of hydrogen-bond acceptors (Lipinski definition) is 4. The van der Waals surface area contributed by atoms with E-state index in [2.05, 4.69) is 4.72 Å². The minimum Gasteiger partial charge on any atom is -0.465 e. The van der Waals surface area contributed by atoms with Crippen LogP contribution in [-0.4, -0.2) is 15.0 Å². The van der Waals surface area contributed by atoms with Crippen molar-refractivity contribution >= 4 is 10.0 Å². The van der Waals surface area contributed by atoms with Gasteiger partial charge in [0.25, 0.3) is 0 Å². The fourth-order valence-corrected chi connectivity index (χ4v) is 4.57. The molecule has 1 aliphatic rings. The number of rotatable bonds is 6. The molecule has 0 radical (unpaired) electrons. The molecule has 6 heteroatoms. The minimum absolute atomic E-state index is 0.169. The average molecular weight is 300 g/mol. The van der Waals surface area contributed by atoms with Gasteiger partial charge in [0, 0.05) is 18.7 Å². The lowest BCUT2D eigenvalue weighted by molar-refractivity contribution is 0.488. The first-order valence-electron chi connectivity index (χ1n) is 7.24. The van der Waals surface area contributed by atoms with Gasteiger partial charge in [-0.25, -0.2) is 13.1 Å². The van der Waals surface area contributed by atoms with E-state index < -0.39 is 10.0 Å². The lowest BCUT2D eigenvalue weighted by Crippen LogP contribution is -2.27. The van der Waals surface area contributed by atoms with Crippen LogP contribution in [0.5, 0.6) is 0 Å². The molecule has 0 aromatic carbocycles. The van der Waals surface area contributed by atoms with Gasteiger partial charge in [-0.15, -0.1) is 0 Å². The van der Waals surface area contributed by atoms with Crippen LogP contribution in [0, 0.1) is 19.8 Å². The summed E-state index contributed by atoms with van der Waals surface area (Å²) < 4.78 is 32.9. The van der Waals surface area contributed by atoms with E-state index in [-0.39, 0.29) is 11.4 Å². The van der Waals surface area contributed by atoms with Crippen molar-refractivity contribution in [3.8, 4) is 0 Å². The molecular weight excluding hydrogens is 276 g/mol. The van der Waals surface area contributed by atoms with Crippen molar-refractivity contribution in [2.24, 2.45) is 11.7 Å². The molecule has 0 unspecified atom stereocenters. The number of aryl methyl sites for hydroxylation is 2. The summed E-state index contributed by atoms with van der Waals surface area (Å²) in [6.07, 6.45) is 5.90. The second-order valence-electron chi connectivity index (χ2n) is 5.56. The zero-order valence-electron chi connectivity index (χ0n) is 12.2. The Morgan fingerprint density at radius 3 is 2.50 bits per heavy atom. The summed E-state index contributed by atoms with van der Waals surface area (Å²) in [4.78, 5) is 0.226. The van der Waals surface area contributed by atoms with E-state index in [4.69, 9.17) is 10.2 Å². The van der Waals surface area contributed by atoms with Crippen LogP contribution in [0.1, 0.15) is 49.2 Å². The predicted octanol–water partition coefficient (Wildman–Crippen LogP) is 2.21. The van der Waals surface area contributed by atoms with Crippen molar-refractivity contribution in [1.29, 1.82) is 0 Å². The molecule has 1 aromatic heterocycles. The molecule has 0 spiro atoms. The van der Waals surface area contributed by atoms with E-state index in [1.165, 1.54) is 25.7 Å². The van der Waals surface area contributed by atoms with Crippen LogP contribution in [0.25, 0.3) is 0 Å². The van der Waals surface area contributed by atoms with Gasteiger partial charge in [0.15, 0.2) is 0 Å². The smallest absolute Gasteiger partial charge is 0.244 e. The van der Waals surface area contributed by atoms with E-state index in [9.17, 15) is 8.42 Å². The molecule has 1 saturated carbocycles. The Balaban J connectivity index is 2.06. The van der Waals surface area contributed by atoms with Gasteiger partial charge in [0.2, 0.25) is 10.0 Å². The summed E-state index contributed by atoms with van der Waals surface area (Å²) in [5.41, 5.74) is 6.22. The maximum atomic E-state index is 12.4. The Hall–Kier alpha value is -0.850. The van der Waals surface area contributed by atoms with Crippen LogP contribution < -0.4 is 10.5 Å². The fraction of sp³-hybridized carbons (Fsp3) is 0.714. The quantitative estimate of drug-likeness (QED) is 0.843. The van der Waals surface area contributed by atoms with Gasteiger partial charge in [-0.1, -0.05) is 25.7 Å². The molecule has 1 aromatic rings. The molecule has 0 bridgehead atoms. The molecule has 114 valence electrons. The summed E-state index contributed by atoms with van der Waals surface area (Å²) in [6.45, 7) is 4.06. The molecule has 1 aliphatic carbocycles. The second kappa shape index (κ2) is 6.28. The topological polar surface area (TPSA) is 85.3 Å². The van der Waals surface area contributed by atoms with Crippen LogP contribution in [0.15, 0.2) is 9.31 Å². The van der Waals surface area contributed by atoms with Crippen molar-refractivity contribution in [2.45, 2.75) is 57.4 Å². The van der Waals surface area contributed by atoms with Crippen molar-refractivity contribution in [3.05, 3.63) is 17.1 Å². The van der Waals surface area contributed by atoms with Gasteiger partial charge in [0.1, 0.15) is 16.4 Å². The van der Waals surface area contributed by atoms with Crippen LogP contribution in [-0.2, 0) is 16.6 Å². The van der Waals surface area contributed by atoms with Crippen molar-refractivity contribution in [1.82, 2.24) is 4.72 Å². The van der Waals surface area contributed by atoms with Crippen molar-refractivity contribution in [2.75, 3.05) is 6.54 Å². The molecule has 0 aliphatic heterocycles. The summed E-state index contributed by atoms with van der Waals surface area (Å²) in [6, 6.07) is 0. The molecule has 1 fully saturated rings. The number of nitrogens with two attached hydrogens (primary N) is 1. The van der Waals surface area contributed by atoms with Gasteiger partial charge in [0.05, 0.1) is 0 Å². The molecule has 0 saturated heterocycles. The predicted molar refractivity (Wildman–Crippen MR) is 77.8 cm³/mol. The fourth-order valence-electron chi connectivity index (χ4n) is 3.07. The summed E-state index contributed by atoms with van der Waals surface area (Å²) in [7, 11) is -3.53. The maximum absolute atomic E-state index is 12.4. The summed E-state index contributed by atoms with van der Waals surface area (Å²) in [5.74, 6) is 1.66. The molecular formula is C14H24N2O3S. The molecule has 5 nitrogen and oxygen atoms in total. The number of furan rings is 1. The molecule has 20 heavy (non-hydrogen) atoms. The van der Waals surface area contributed by atoms with Gasteiger partial charge < -0.3 is 10.2 Å². The van der Waals surface area contributed by atoms with Crippen LogP contribution in [0.4, 0.5) is 0 Å². The highest BCUT2D eigenvalue weighted by molar-refractivity contribution is 7.89. The molecule has 0 atom stereocenters. The van der Waals surface area contributed by atoms with Crippen LogP contribution in [0.2, 0.25) is 0 Å². The monoisotopic (exact) mass is 300 g/mol. The average Bonchev–Trinajstić information content (AvgIpc) is 2.96. The number of sulfonamides is 1. The zero-order chi connectivity index (χ0) is 14.8. The Labute approximate surface area is 121 Å². The SMILES string of the molecule is Cc1oc(C)c(S(=O)(=O)NCCC2CCCC2)c1CN. The molecule has 2 rings (SSSR count). The first-order valence-corrected chi connectivity index (χ1v) is 8.72. The highest BCUT2D eigenvalue weighted by Gasteiger charge is 2.26. The minimum atomic E-state index is -3.53. The highest BCUT2D eigenvalue weighted by Crippen LogP contribution is 2.28. The first kappa shape index (κ1) is 15.5. The lowest BCUT2D eigenvalue weighted by atomic mass is 10.1. The van der Waals surface area contributed by atoms with Gasteiger partial charge in [-0.2, -0.15) is 0 Å². The van der Waals surface area contributed by atoms with Gasteiger partial charge >= 0.3 is 0 Å². The van der Waals surface area contributed by atoms with Crippen LogP contribution >= 0.6 is 0 Å². The standard InChI is InChI=1S/C14H24N2O3S/c1-10-13(9-15)14(11(2)19-10)20(17,18)16-8-7-12-5-3-4-6-12/h12,16H,3-9,15H2,1-2H3. The van der Waals surface area contributed by atoms with E-state index in [0.29, 0.717) is 29.5 Å². The van der Waals surface area contributed by atoms with E-state index >= 15 is 0 Å². The van der Waals surface area contributed by atoms with E-state index in [1.54, 1.807) is 13.8 Å². The van der Waals surface area contributed by atoms with E-state index in [0.717, 1.165) is 6.42 Å². The van der Waals surface area contributed by atoms with Crippen molar-refractivity contribution < 1.29 is 12.8 Å². The normalized spacial score (nSPS) is 16.9. The number of hydrogen-bond donors (Lipinski definition) is 2. The number of nitrogens with one attached hydrogen (secondary N) is 1. The van der Waals surface area contributed by atoms with E-state index in [1.807, 2.05) is 0 Å². The Kier molecular flexibility index (Phi) is 4.88. The Bertz CT molecular complexity index is 557. The lowest BCUT2D eigenvalue weighted by Gasteiger charge is -2.11. The van der Waals surface area contributed by atoms with Gasteiger partial charge in [-0.3, -0.25) is 0 Å². The summed E-state index contributed by atoms with van der Waals surface area (Å²) >= 11 is 0. The Morgan fingerprint density at radius 1 is 1.25 bits per heavy atom. The summed E-state index contributed by atoms with van der Waals surface area (Å²) in [5, 5.41) is 0. The first-order chi connectivity index (χ1) is 9.45. The van der Waals surface area contributed by atoms with Crippen LogP contribution in [0.3, 0.4) is 0 Å². The van der Waals surface area contributed by atoms with Gasteiger partial charge in [-0.05, 0) is 26.2 Å². The highest BCUT2D eigenvalue weighted by atomic mass is 32.2.